The minimum absolute atomic E-state index is 0.329. The van der Waals surface area contributed by atoms with Crippen LogP contribution in [-0.4, -0.2) is 50.8 Å². The summed E-state index contributed by atoms with van der Waals surface area (Å²) >= 11 is -3.35. The van der Waals surface area contributed by atoms with Gasteiger partial charge in [-0.1, -0.05) is 73.2 Å². The van der Waals surface area contributed by atoms with Crippen LogP contribution in [-0.2, 0) is 11.1 Å². The Labute approximate surface area is 134 Å². The molecular weight excluding hydrogens is 284 g/mol. The molecule has 0 rings (SSSR count). The smallest absolute Gasteiger partial charge is 0.521 e. The van der Waals surface area contributed by atoms with Crippen LogP contribution in [0.25, 0.3) is 0 Å². The van der Waals surface area contributed by atoms with E-state index in [4.69, 9.17) is 11.1 Å². The summed E-state index contributed by atoms with van der Waals surface area (Å²) in [6, 6.07) is 0. The summed E-state index contributed by atoms with van der Waals surface area (Å²) in [6.45, 7) is 13.3. The molecule has 0 unspecified atom stereocenters. The fourth-order valence-electron chi connectivity index (χ4n) is 2.01. The highest BCUT2D eigenvalue weighted by atomic mass is 27.2. The largest absolute Gasteiger partial charge is 0.547 e. The Morgan fingerprint density at radius 1 is 0.526 bits per heavy atom. The van der Waals surface area contributed by atoms with Gasteiger partial charge in [-0.3, -0.25) is 0 Å². The zero-order valence-corrected chi connectivity index (χ0v) is 17.2. The summed E-state index contributed by atoms with van der Waals surface area (Å²) < 4.78 is 18.5. The van der Waals surface area contributed by atoms with E-state index in [1.807, 2.05) is 0 Å². The lowest BCUT2D eigenvalue weighted by atomic mass is 10.3. The predicted molar refractivity (Wildman–Crippen MR) is 89.2 cm³/mol. The second kappa shape index (κ2) is 13.2. The summed E-state index contributed by atoms with van der Waals surface area (Å²) in [5, 5.41) is 6.97. The number of hydrogen-bond acceptors (Lipinski definition) is 3. The van der Waals surface area contributed by atoms with Gasteiger partial charge in [0, 0.05) is 0 Å². The van der Waals surface area contributed by atoms with Crippen molar-refractivity contribution in [2.24, 2.45) is 0 Å². The molecule has 0 saturated heterocycles. The molecule has 0 aliphatic heterocycles. The Hall–Kier alpha value is 1.54. The second-order valence-electron chi connectivity index (χ2n) is 5.01. The normalized spacial score (nSPS) is 10.4. The van der Waals surface area contributed by atoms with E-state index in [0.717, 1.165) is 31.7 Å². The molecule has 0 aliphatic carbocycles. The van der Waals surface area contributed by atoms with Crippen molar-refractivity contribution in [3.8, 4) is 0 Å². The first-order chi connectivity index (χ1) is 9.14. The molecule has 3 nitrogen and oxygen atoms in total. The van der Waals surface area contributed by atoms with E-state index in [-0.39, 0.29) is 7.32 Å². The maximum absolute atomic E-state index is 6.18. The van der Waals surface area contributed by atoms with Crippen LogP contribution in [0.5, 0.6) is 0 Å². The predicted octanol–water partition coefficient (Wildman–Crippen LogP) is 4.12. The molecule has 0 radical (unpaired) electrons. The van der Waals surface area contributed by atoms with Crippen LogP contribution in [0.2, 0.25) is 31.7 Å². The molecule has 0 aromatic heterocycles. The lowest BCUT2D eigenvalue weighted by Crippen LogP contribution is -2.42. The molecule has 0 N–H and O–H groups in total. The minimum Gasteiger partial charge on any atom is -0.521 e. The van der Waals surface area contributed by atoms with Crippen LogP contribution in [0, 0.1) is 0 Å². The van der Waals surface area contributed by atoms with E-state index in [1.54, 1.807) is 0 Å². The quantitative estimate of drug-likeness (QED) is 0.507. The van der Waals surface area contributed by atoms with Crippen LogP contribution in [0.15, 0.2) is 0 Å². The van der Waals surface area contributed by atoms with Crippen LogP contribution in [0.3, 0.4) is 0 Å². The topological polar surface area (TPSA) is 27.7 Å². The molecule has 0 heterocycles. The van der Waals surface area contributed by atoms with Crippen LogP contribution in [0.4, 0.5) is 0 Å². The van der Waals surface area contributed by atoms with Gasteiger partial charge in [-0.15, -0.1) is 0 Å². The van der Waals surface area contributed by atoms with Crippen molar-refractivity contribution in [3.05, 3.63) is 0 Å². The molecule has 0 aliphatic rings. The summed E-state index contributed by atoms with van der Waals surface area (Å²) in [5.41, 5.74) is 0. The lowest BCUT2D eigenvalue weighted by molar-refractivity contribution is 0.309. The highest BCUT2D eigenvalue weighted by molar-refractivity contribution is 6.70. The zero-order chi connectivity index (χ0) is 14.7. The maximum atomic E-state index is 6.18. The van der Waals surface area contributed by atoms with E-state index in [0.29, 0.717) is 0 Å². The van der Waals surface area contributed by atoms with Crippen molar-refractivity contribution < 1.29 is 11.1 Å². The van der Waals surface area contributed by atoms with E-state index in [1.165, 1.54) is 0 Å². The average Bonchev–Trinajstić information content (AvgIpc) is 2.46. The van der Waals surface area contributed by atoms with Gasteiger partial charge >= 0.3 is 50.8 Å². The van der Waals surface area contributed by atoms with Gasteiger partial charge in [0.1, 0.15) is 0 Å². The minimum atomic E-state index is -1.12. The van der Waals surface area contributed by atoms with Gasteiger partial charge in [-0.05, 0) is 0 Å². The van der Waals surface area contributed by atoms with E-state index < -0.39 is 43.4 Å². The number of hydrogen-bond donors (Lipinski definition) is 0. The summed E-state index contributed by atoms with van der Waals surface area (Å²) in [6.07, 6.45) is 0. The van der Waals surface area contributed by atoms with E-state index in [2.05, 4.69) is 41.5 Å². The van der Waals surface area contributed by atoms with Crippen molar-refractivity contribution in [3.63, 3.8) is 0 Å². The van der Waals surface area contributed by atoms with Gasteiger partial charge in [-0.2, -0.15) is 0 Å². The van der Waals surface area contributed by atoms with Crippen molar-refractivity contribution in [2.75, 3.05) is 0 Å². The van der Waals surface area contributed by atoms with Gasteiger partial charge in [0.2, 0.25) is 0 Å². The van der Waals surface area contributed by atoms with Gasteiger partial charge < -0.3 is 11.1 Å². The Morgan fingerprint density at radius 2 is 0.737 bits per heavy atom. The van der Waals surface area contributed by atoms with Crippen molar-refractivity contribution in [2.45, 2.75) is 73.2 Å². The molecule has 0 aromatic rings. The molecule has 108 valence electrons. The maximum Gasteiger partial charge on any atom is 0.547 e. The second-order valence-corrected chi connectivity index (χ2v) is 14.5. The lowest BCUT2D eigenvalue weighted by Gasteiger charge is -2.25. The first-order valence-electron chi connectivity index (χ1n) is 8.11. The van der Waals surface area contributed by atoms with Gasteiger partial charge in [0.25, 0.3) is 0 Å². The fourth-order valence-corrected chi connectivity index (χ4v) is 6.61. The first kappa shape index (κ1) is 20.5. The summed E-state index contributed by atoms with van der Waals surface area (Å²) in [4.78, 5) is 0. The Bertz CT molecular complexity index is 167. The van der Waals surface area contributed by atoms with Crippen molar-refractivity contribution in [1.82, 2.24) is 0 Å². The summed E-state index contributed by atoms with van der Waals surface area (Å²) in [7, 11) is -0.329. The molecule has 0 spiro atoms. The van der Waals surface area contributed by atoms with E-state index >= 15 is 0 Å². The number of rotatable bonds is 12. The third kappa shape index (κ3) is 9.22. The molecule has 0 atom stereocenters. The van der Waals surface area contributed by atoms with Gasteiger partial charge in [0.15, 0.2) is 0 Å². The molecule has 0 fully saturated rings. The monoisotopic (exact) mass is 314 g/mol. The average molecular weight is 314 g/mol. The van der Waals surface area contributed by atoms with Crippen LogP contribution >= 0.6 is 0 Å². The third-order valence-electron chi connectivity index (χ3n) is 3.64. The molecular formula is C12H30Al3BO3. The molecule has 7 heteroatoms. The summed E-state index contributed by atoms with van der Waals surface area (Å²) in [5.74, 6) is 0. The van der Waals surface area contributed by atoms with Crippen LogP contribution < -0.4 is 0 Å². The van der Waals surface area contributed by atoms with Gasteiger partial charge in [0.05, 0.1) is 0 Å². The van der Waals surface area contributed by atoms with Crippen LogP contribution in [0.1, 0.15) is 41.5 Å². The van der Waals surface area contributed by atoms with Gasteiger partial charge in [-0.25, -0.2) is 0 Å². The highest BCUT2D eigenvalue weighted by Crippen LogP contribution is 2.12. The highest BCUT2D eigenvalue weighted by Gasteiger charge is 2.33. The molecule has 0 saturated carbocycles. The molecule has 0 amide bonds. The Balaban J connectivity index is 4.51. The Morgan fingerprint density at radius 3 is 0.895 bits per heavy atom. The fraction of sp³-hybridized carbons (Fsp3) is 1.00. The SMILES string of the molecule is C[CH2][Al]([CH2]C)[O]B([O][Al]([CH2]C)[CH2]C)[O][Al]([CH2]C)[CH2]C. The zero-order valence-electron chi connectivity index (χ0n) is 13.8. The van der Waals surface area contributed by atoms with E-state index in [9.17, 15) is 0 Å². The molecule has 19 heavy (non-hydrogen) atoms. The molecule has 0 aromatic carbocycles. The third-order valence-corrected chi connectivity index (χ3v) is 10.9. The van der Waals surface area contributed by atoms with Crippen molar-refractivity contribution in [1.29, 1.82) is 0 Å². The first-order valence-corrected chi connectivity index (χ1v) is 14.4. The Kier molecular flexibility index (Phi) is 14.3. The van der Waals surface area contributed by atoms with Crippen molar-refractivity contribution >= 4 is 50.8 Å². The standard InChI is InChI=1S/6C2H5.3Al.BO3/c6*1-2;;;;2-1(3)4/h6*1H2,2H3;;;;/q;;;;;;3*+1;-3. The molecule has 0 bridgehead atoms.